The number of likely N-dealkylation sites (N-methyl/N-ethyl adjacent to an activating group) is 1. The third kappa shape index (κ3) is 4.50. The standard InChI is InChI=1S/C17H28N2O/c1-4-11-18-14(2)16-7-5-6-8-17(16)20-13-12-19(3)15-9-10-15/h5-8,14-15,18H,4,9-13H2,1-3H3. The molecule has 1 fully saturated rings. The molecule has 1 aromatic rings. The largest absolute Gasteiger partial charge is 0.492 e. The summed E-state index contributed by atoms with van der Waals surface area (Å²) in [6, 6.07) is 9.52. The van der Waals surface area contributed by atoms with Crippen LogP contribution in [0.25, 0.3) is 0 Å². The second-order valence-corrected chi connectivity index (χ2v) is 5.77. The maximum absolute atomic E-state index is 6.01. The number of hydrogen-bond donors (Lipinski definition) is 1. The van der Waals surface area contributed by atoms with Gasteiger partial charge in [-0.1, -0.05) is 25.1 Å². The van der Waals surface area contributed by atoms with Gasteiger partial charge in [0.25, 0.3) is 0 Å². The van der Waals surface area contributed by atoms with Crippen molar-refractivity contribution in [3.8, 4) is 5.75 Å². The van der Waals surface area contributed by atoms with Crippen LogP contribution in [0.15, 0.2) is 24.3 Å². The van der Waals surface area contributed by atoms with E-state index >= 15 is 0 Å². The molecule has 20 heavy (non-hydrogen) atoms. The van der Waals surface area contributed by atoms with E-state index in [2.05, 4.69) is 55.4 Å². The minimum absolute atomic E-state index is 0.340. The van der Waals surface area contributed by atoms with Crippen molar-refractivity contribution in [2.45, 2.75) is 45.2 Å². The van der Waals surface area contributed by atoms with Gasteiger partial charge in [0.1, 0.15) is 12.4 Å². The van der Waals surface area contributed by atoms with Crippen LogP contribution in [0.4, 0.5) is 0 Å². The average molecular weight is 276 g/mol. The van der Waals surface area contributed by atoms with E-state index in [0.29, 0.717) is 6.04 Å². The van der Waals surface area contributed by atoms with Gasteiger partial charge in [0, 0.05) is 24.2 Å². The molecule has 2 rings (SSSR count). The zero-order valence-electron chi connectivity index (χ0n) is 13.1. The number of ether oxygens (including phenoxy) is 1. The number of hydrogen-bond acceptors (Lipinski definition) is 3. The lowest BCUT2D eigenvalue weighted by atomic mass is 10.1. The maximum atomic E-state index is 6.01. The molecule has 0 aliphatic heterocycles. The quantitative estimate of drug-likeness (QED) is 0.749. The zero-order chi connectivity index (χ0) is 14.4. The summed E-state index contributed by atoms with van der Waals surface area (Å²) in [5.74, 6) is 1.02. The third-order valence-electron chi connectivity index (χ3n) is 3.96. The fraction of sp³-hybridized carbons (Fsp3) is 0.647. The van der Waals surface area contributed by atoms with Gasteiger partial charge in [0.05, 0.1) is 0 Å². The van der Waals surface area contributed by atoms with Crippen molar-refractivity contribution in [3.05, 3.63) is 29.8 Å². The molecule has 3 heteroatoms. The van der Waals surface area contributed by atoms with Crippen molar-refractivity contribution in [2.24, 2.45) is 0 Å². The molecule has 0 saturated heterocycles. The van der Waals surface area contributed by atoms with Crippen LogP contribution in [0.3, 0.4) is 0 Å². The summed E-state index contributed by atoms with van der Waals surface area (Å²) >= 11 is 0. The van der Waals surface area contributed by atoms with E-state index in [0.717, 1.165) is 37.9 Å². The summed E-state index contributed by atoms with van der Waals surface area (Å²) in [6.45, 7) is 7.21. The molecule has 0 amide bonds. The van der Waals surface area contributed by atoms with Gasteiger partial charge in [-0.2, -0.15) is 0 Å². The normalized spacial score (nSPS) is 16.4. The minimum Gasteiger partial charge on any atom is -0.492 e. The summed E-state index contributed by atoms with van der Waals surface area (Å²) in [5, 5.41) is 3.53. The highest BCUT2D eigenvalue weighted by Crippen LogP contribution is 2.26. The van der Waals surface area contributed by atoms with Crippen molar-refractivity contribution in [1.82, 2.24) is 10.2 Å². The lowest BCUT2D eigenvalue weighted by molar-refractivity contribution is 0.229. The van der Waals surface area contributed by atoms with Gasteiger partial charge >= 0.3 is 0 Å². The summed E-state index contributed by atoms with van der Waals surface area (Å²) in [7, 11) is 2.19. The van der Waals surface area contributed by atoms with Crippen LogP contribution in [0.5, 0.6) is 5.75 Å². The van der Waals surface area contributed by atoms with E-state index in [4.69, 9.17) is 4.74 Å². The Morgan fingerprint density at radius 2 is 2.10 bits per heavy atom. The SMILES string of the molecule is CCCNC(C)c1ccccc1OCCN(C)C1CC1. The van der Waals surface area contributed by atoms with Gasteiger partial charge in [-0.15, -0.1) is 0 Å². The number of nitrogens with zero attached hydrogens (tertiary/aromatic N) is 1. The first-order valence-corrected chi connectivity index (χ1v) is 7.87. The number of nitrogens with one attached hydrogen (secondary N) is 1. The zero-order valence-corrected chi connectivity index (χ0v) is 13.1. The van der Waals surface area contributed by atoms with Crippen LogP contribution in [0, 0.1) is 0 Å². The smallest absolute Gasteiger partial charge is 0.124 e. The first kappa shape index (κ1) is 15.3. The molecule has 1 atom stereocenters. The molecule has 1 unspecified atom stereocenters. The summed E-state index contributed by atoms with van der Waals surface area (Å²) < 4.78 is 6.01. The molecular formula is C17H28N2O. The van der Waals surface area contributed by atoms with E-state index < -0.39 is 0 Å². The fourth-order valence-corrected chi connectivity index (χ4v) is 2.44. The molecular weight excluding hydrogens is 248 g/mol. The Labute approximate surface area is 123 Å². The molecule has 0 spiro atoms. The Bertz CT molecular complexity index is 404. The van der Waals surface area contributed by atoms with Crippen molar-refractivity contribution in [3.63, 3.8) is 0 Å². The van der Waals surface area contributed by atoms with E-state index in [1.54, 1.807) is 0 Å². The van der Waals surface area contributed by atoms with E-state index in [1.807, 2.05) is 0 Å². The second-order valence-electron chi connectivity index (χ2n) is 5.77. The van der Waals surface area contributed by atoms with Crippen molar-refractivity contribution in [1.29, 1.82) is 0 Å². The molecule has 1 N–H and O–H groups in total. The summed E-state index contributed by atoms with van der Waals surface area (Å²) in [6.07, 6.45) is 3.86. The Hall–Kier alpha value is -1.06. The number of benzene rings is 1. The minimum atomic E-state index is 0.340. The van der Waals surface area contributed by atoms with Crippen molar-refractivity contribution >= 4 is 0 Å². The Balaban J connectivity index is 1.86. The average Bonchev–Trinajstić information content (AvgIpc) is 3.29. The van der Waals surface area contributed by atoms with Gasteiger partial charge < -0.3 is 15.0 Å². The highest BCUT2D eigenvalue weighted by atomic mass is 16.5. The Kier molecular flexibility index (Phi) is 5.86. The highest BCUT2D eigenvalue weighted by molar-refractivity contribution is 5.35. The Morgan fingerprint density at radius 1 is 1.35 bits per heavy atom. The number of para-hydroxylation sites is 1. The van der Waals surface area contributed by atoms with Crippen molar-refractivity contribution < 1.29 is 4.74 Å². The van der Waals surface area contributed by atoms with Crippen LogP contribution in [0.1, 0.15) is 44.7 Å². The van der Waals surface area contributed by atoms with E-state index in [9.17, 15) is 0 Å². The van der Waals surface area contributed by atoms with E-state index in [-0.39, 0.29) is 0 Å². The van der Waals surface area contributed by atoms with Crippen LogP contribution in [0.2, 0.25) is 0 Å². The monoisotopic (exact) mass is 276 g/mol. The topological polar surface area (TPSA) is 24.5 Å². The van der Waals surface area contributed by atoms with Crippen LogP contribution >= 0.6 is 0 Å². The molecule has 112 valence electrons. The lowest BCUT2D eigenvalue weighted by Crippen LogP contribution is -2.26. The number of rotatable bonds is 9. The maximum Gasteiger partial charge on any atom is 0.124 e. The van der Waals surface area contributed by atoms with E-state index in [1.165, 1.54) is 18.4 Å². The van der Waals surface area contributed by atoms with Gasteiger partial charge in [-0.25, -0.2) is 0 Å². The lowest BCUT2D eigenvalue weighted by Gasteiger charge is -2.20. The van der Waals surface area contributed by atoms with Crippen molar-refractivity contribution in [2.75, 3.05) is 26.7 Å². The molecule has 1 aliphatic carbocycles. The Morgan fingerprint density at radius 3 is 2.80 bits per heavy atom. The summed E-state index contributed by atoms with van der Waals surface area (Å²) in [5.41, 5.74) is 1.26. The predicted octanol–water partition coefficient (Wildman–Crippen LogP) is 3.22. The van der Waals surface area contributed by atoms with Crippen LogP contribution < -0.4 is 10.1 Å². The molecule has 0 radical (unpaired) electrons. The first-order chi connectivity index (χ1) is 9.72. The molecule has 0 bridgehead atoms. The molecule has 0 aromatic heterocycles. The fourth-order valence-electron chi connectivity index (χ4n) is 2.44. The molecule has 0 heterocycles. The molecule has 3 nitrogen and oxygen atoms in total. The van der Waals surface area contributed by atoms with Gasteiger partial charge in [-0.3, -0.25) is 0 Å². The second kappa shape index (κ2) is 7.65. The third-order valence-corrected chi connectivity index (χ3v) is 3.96. The first-order valence-electron chi connectivity index (χ1n) is 7.87. The predicted molar refractivity (Wildman–Crippen MR) is 84.3 cm³/mol. The highest BCUT2D eigenvalue weighted by Gasteiger charge is 2.25. The van der Waals surface area contributed by atoms with Gasteiger partial charge in [0.2, 0.25) is 0 Å². The van der Waals surface area contributed by atoms with Gasteiger partial charge in [-0.05, 0) is 45.8 Å². The molecule has 1 aliphatic rings. The van der Waals surface area contributed by atoms with Crippen LogP contribution in [-0.2, 0) is 0 Å². The van der Waals surface area contributed by atoms with Gasteiger partial charge in [0.15, 0.2) is 0 Å². The summed E-state index contributed by atoms with van der Waals surface area (Å²) in [4.78, 5) is 2.40. The van der Waals surface area contributed by atoms with Crippen LogP contribution in [-0.4, -0.2) is 37.7 Å². The molecule has 1 aromatic carbocycles. The molecule has 1 saturated carbocycles.